The van der Waals surface area contributed by atoms with Crippen LogP contribution in [0, 0.1) is 5.41 Å². The number of para-hydroxylation sites is 1. The molecule has 0 saturated carbocycles. The van der Waals surface area contributed by atoms with Crippen molar-refractivity contribution < 1.29 is 23.9 Å². The molecule has 2 heterocycles. The van der Waals surface area contributed by atoms with Gasteiger partial charge in [0.15, 0.2) is 23.4 Å². The summed E-state index contributed by atoms with van der Waals surface area (Å²) >= 11 is 0. The quantitative estimate of drug-likeness (QED) is 0.525. The Kier molecular flexibility index (Phi) is 5.09. The molecule has 3 atom stereocenters. The largest absolute Gasteiger partial charge is 0.449 e. The molecule has 1 aromatic rings. The fourth-order valence-electron chi connectivity index (χ4n) is 5.28. The Bertz CT molecular complexity index is 951. The fourth-order valence-corrected chi connectivity index (χ4v) is 5.28. The van der Waals surface area contributed by atoms with Gasteiger partial charge in [0, 0.05) is 36.7 Å². The van der Waals surface area contributed by atoms with Gasteiger partial charge in [-0.05, 0) is 38.3 Å². The van der Waals surface area contributed by atoms with Gasteiger partial charge >= 0.3 is 5.97 Å². The average Bonchev–Trinajstić information content (AvgIpc) is 3.27. The minimum atomic E-state index is -1.17. The van der Waals surface area contributed by atoms with E-state index in [4.69, 9.17) is 9.47 Å². The lowest BCUT2D eigenvalue weighted by atomic mass is 9.82. The second kappa shape index (κ2) is 7.34. The number of allylic oxidation sites excluding steroid dienone is 2. The molecule has 6 heteroatoms. The average molecular weight is 411 g/mol. The van der Waals surface area contributed by atoms with E-state index in [9.17, 15) is 14.4 Å². The number of carbonyl (C=O) groups excluding carboxylic acids is 3. The van der Waals surface area contributed by atoms with Crippen LogP contribution in [0.5, 0.6) is 0 Å². The number of anilines is 1. The van der Waals surface area contributed by atoms with Crippen molar-refractivity contribution in [1.82, 2.24) is 0 Å². The lowest BCUT2D eigenvalue weighted by Crippen LogP contribution is -2.51. The van der Waals surface area contributed by atoms with E-state index in [1.807, 2.05) is 29.2 Å². The highest BCUT2D eigenvalue weighted by Crippen LogP contribution is 2.53. The van der Waals surface area contributed by atoms with Gasteiger partial charge in [-0.1, -0.05) is 31.5 Å². The van der Waals surface area contributed by atoms with E-state index in [-0.39, 0.29) is 24.1 Å². The number of ether oxygens (including phenoxy) is 2. The first-order valence-electron chi connectivity index (χ1n) is 10.7. The lowest BCUT2D eigenvalue weighted by Gasteiger charge is -2.35. The van der Waals surface area contributed by atoms with E-state index in [1.54, 1.807) is 13.8 Å². The van der Waals surface area contributed by atoms with Crippen LogP contribution in [0.3, 0.4) is 0 Å². The van der Waals surface area contributed by atoms with Crippen LogP contribution in [0.15, 0.2) is 35.4 Å². The van der Waals surface area contributed by atoms with Crippen molar-refractivity contribution in [2.75, 3.05) is 18.1 Å². The van der Waals surface area contributed by atoms with Gasteiger partial charge in [-0.25, -0.2) is 0 Å². The first-order chi connectivity index (χ1) is 14.3. The molecule has 30 heavy (non-hydrogen) atoms. The molecule has 1 fully saturated rings. The highest BCUT2D eigenvalue weighted by atomic mass is 16.6. The Morgan fingerprint density at radius 3 is 2.70 bits per heavy atom. The predicted octanol–water partition coefficient (Wildman–Crippen LogP) is 3.68. The van der Waals surface area contributed by atoms with Gasteiger partial charge < -0.3 is 14.4 Å². The van der Waals surface area contributed by atoms with Crippen molar-refractivity contribution in [1.29, 1.82) is 0 Å². The smallest absolute Gasteiger partial charge is 0.303 e. The topological polar surface area (TPSA) is 72.9 Å². The first kappa shape index (κ1) is 20.8. The third kappa shape index (κ3) is 2.84. The zero-order valence-corrected chi connectivity index (χ0v) is 18.1. The van der Waals surface area contributed by atoms with E-state index >= 15 is 0 Å². The molecule has 6 nitrogen and oxygen atoms in total. The van der Waals surface area contributed by atoms with Crippen LogP contribution in [0.25, 0.3) is 0 Å². The van der Waals surface area contributed by atoms with Gasteiger partial charge in [0.25, 0.3) is 0 Å². The Hall–Kier alpha value is -2.47. The summed E-state index contributed by atoms with van der Waals surface area (Å²) in [5, 5.41) is 0. The highest BCUT2D eigenvalue weighted by molar-refractivity contribution is 6.27. The molecule has 1 aliphatic carbocycles. The predicted molar refractivity (Wildman–Crippen MR) is 112 cm³/mol. The summed E-state index contributed by atoms with van der Waals surface area (Å²) in [5.41, 5.74) is 0.901. The van der Waals surface area contributed by atoms with Crippen molar-refractivity contribution in [2.45, 2.75) is 65.2 Å². The van der Waals surface area contributed by atoms with E-state index in [0.717, 1.165) is 24.1 Å². The highest BCUT2D eigenvalue weighted by Gasteiger charge is 2.60. The van der Waals surface area contributed by atoms with E-state index in [1.165, 1.54) is 6.92 Å². The van der Waals surface area contributed by atoms with Crippen LogP contribution in [0.2, 0.25) is 0 Å². The molecule has 0 unspecified atom stereocenters. The van der Waals surface area contributed by atoms with Crippen LogP contribution < -0.4 is 4.90 Å². The minimum absolute atomic E-state index is 0.0843. The minimum Gasteiger partial charge on any atom is -0.449 e. The number of fused-ring (bicyclic) bond motifs is 3. The maximum Gasteiger partial charge on any atom is 0.303 e. The number of benzene rings is 1. The van der Waals surface area contributed by atoms with Gasteiger partial charge in [0.1, 0.15) is 5.41 Å². The number of nitrogens with zero attached hydrogens (tertiary/aromatic N) is 1. The SMILES string of the molecule is CCCCC1=C(C)C(=O)[C@@](C)(CN2c3ccccc3[C@]3(OC(C)=O)CCO[C@H]23)C1=O. The molecule has 0 spiro atoms. The number of ketones is 2. The Balaban J connectivity index is 1.71. The van der Waals surface area contributed by atoms with E-state index in [2.05, 4.69) is 6.92 Å². The number of hydrogen-bond donors (Lipinski definition) is 0. The van der Waals surface area contributed by atoms with Gasteiger partial charge in [-0.15, -0.1) is 0 Å². The summed E-state index contributed by atoms with van der Waals surface area (Å²) in [4.78, 5) is 40.5. The summed E-state index contributed by atoms with van der Waals surface area (Å²) in [6.45, 7) is 7.62. The van der Waals surface area contributed by atoms with Crippen molar-refractivity contribution in [3.63, 3.8) is 0 Å². The molecule has 3 aliphatic rings. The molecular formula is C24H29NO5. The normalized spacial score (nSPS) is 30.1. The molecule has 0 bridgehead atoms. The molecule has 160 valence electrons. The Morgan fingerprint density at radius 2 is 2.00 bits per heavy atom. The van der Waals surface area contributed by atoms with Crippen molar-refractivity contribution >= 4 is 23.2 Å². The van der Waals surface area contributed by atoms with Gasteiger partial charge in [0.2, 0.25) is 0 Å². The van der Waals surface area contributed by atoms with Gasteiger partial charge in [0.05, 0.1) is 6.61 Å². The van der Waals surface area contributed by atoms with Crippen LogP contribution in [-0.4, -0.2) is 36.9 Å². The Labute approximate surface area is 177 Å². The van der Waals surface area contributed by atoms with Crippen molar-refractivity contribution in [3.8, 4) is 0 Å². The Morgan fingerprint density at radius 1 is 1.27 bits per heavy atom. The van der Waals surface area contributed by atoms with E-state index < -0.39 is 17.2 Å². The van der Waals surface area contributed by atoms with Crippen LogP contribution in [0.1, 0.15) is 58.9 Å². The summed E-state index contributed by atoms with van der Waals surface area (Å²) < 4.78 is 11.9. The summed E-state index contributed by atoms with van der Waals surface area (Å²) in [5.74, 6) is -0.571. The second-order valence-electron chi connectivity index (χ2n) is 8.80. The van der Waals surface area contributed by atoms with Crippen molar-refractivity contribution in [2.24, 2.45) is 5.41 Å². The number of Topliss-reactive ketones (excluding diaryl/α,β-unsaturated/α-hetero) is 2. The first-order valence-corrected chi connectivity index (χ1v) is 10.7. The number of unbranched alkanes of at least 4 members (excludes halogenated alkanes) is 1. The second-order valence-corrected chi connectivity index (χ2v) is 8.80. The van der Waals surface area contributed by atoms with Crippen molar-refractivity contribution in [3.05, 3.63) is 41.0 Å². The molecule has 4 rings (SSSR count). The maximum absolute atomic E-state index is 13.4. The number of rotatable bonds is 6. The fraction of sp³-hybridized carbons (Fsp3) is 0.542. The number of carbonyl (C=O) groups is 3. The summed E-state index contributed by atoms with van der Waals surface area (Å²) in [6.07, 6.45) is 2.49. The number of hydrogen-bond acceptors (Lipinski definition) is 6. The lowest BCUT2D eigenvalue weighted by molar-refractivity contribution is -0.163. The van der Waals surface area contributed by atoms with Crippen LogP contribution in [-0.2, 0) is 29.5 Å². The molecule has 1 aromatic carbocycles. The molecule has 0 amide bonds. The molecule has 2 aliphatic heterocycles. The van der Waals surface area contributed by atoms with Crippen LogP contribution >= 0.6 is 0 Å². The summed E-state index contributed by atoms with van der Waals surface area (Å²) in [7, 11) is 0. The molecule has 0 radical (unpaired) electrons. The zero-order valence-electron chi connectivity index (χ0n) is 18.1. The molecule has 0 N–H and O–H groups in total. The van der Waals surface area contributed by atoms with Gasteiger partial charge in [-0.3, -0.25) is 14.4 Å². The molecule has 1 saturated heterocycles. The van der Waals surface area contributed by atoms with Gasteiger partial charge in [-0.2, -0.15) is 0 Å². The molecular weight excluding hydrogens is 382 g/mol. The van der Waals surface area contributed by atoms with Crippen LogP contribution in [0.4, 0.5) is 5.69 Å². The monoisotopic (exact) mass is 411 g/mol. The third-order valence-corrected chi connectivity index (χ3v) is 6.76. The third-order valence-electron chi connectivity index (χ3n) is 6.76. The zero-order chi connectivity index (χ0) is 21.7. The van der Waals surface area contributed by atoms with E-state index in [0.29, 0.717) is 30.6 Å². The molecule has 0 aromatic heterocycles. The maximum atomic E-state index is 13.4. The number of esters is 1. The summed E-state index contributed by atoms with van der Waals surface area (Å²) in [6, 6.07) is 7.70. The standard InChI is InChI=1S/C24H29NO5/c1-5-6-9-17-15(2)20(27)23(4,21(17)28)14-25-19-11-8-7-10-18(19)24(30-16(3)26)12-13-29-22(24)25/h7-8,10-11,22H,5-6,9,12-14H2,1-4H3/t22-,23+,24+/m0/s1.